The number of allylic oxidation sites excluding steroid dienone is 4. The maximum absolute atomic E-state index is 5.17. The van der Waals surface area contributed by atoms with Crippen LogP contribution in [0.15, 0.2) is 46.6 Å². The van der Waals surface area contributed by atoms with Crippen LogP contribution in [0, 0.1) is 0 Å². The fourth-order valence-electron chi connectivity index (χ4n) is 0.873. The van der Waals surface area contributed by atoms with Crippen LogP contribution in [0.4, 0.5) is 0 Å². The van der Waals surface area contributed by atoms with Crippen LogP contribution >= 0.6 is 0 Å². The van der Waals surface area contributed by atoms with Crippen molar-refractivity contribution in [1.29, 1.82) is 0 Å². The second kappa shape index (κ2) is 8.36. The van der Waals surface area contributed by atoms with E-state index in [0.717, 1.165) is 12.2 Å². The quantitative estimate of drug-likeness (QED) is 0.648. The minimum Gasteiger partial charge on any atom is -0.469 e. The van der Waals surface area contributed by atoms with Gasteiger partial charge in [-0.25, -0.2) is 0 Å². The normalized spacial score (nSPS) is 9.43. The van der Waals surface area contributed by atoms with Crippen LogP contribution in [0.2, 0.25) is 0 Å². The summed E-state index contributed by atoms with van der Waals surface area (Å²) in [6.07, 6.45) is 8.80. The molecule has 0 unspecified atom stereocenters. The van der Waals surface area contributed by atoms with Crippen molar-refractivity contribution < 1.29 is 4.42 Å². The first-order valence-corrected chi connectivity index (χ1v) is 5.11. The third kappa shape index (κ3) is 6.30. The largest absolute Gasteiger partial charge is 0.469 e. The molecule has 0 spiro atoms. The average molecular weight is 192 g/mol. The summed E-state index contributed by atoms with van der Waals surface area (Å²) in [5, 5.41) is 0. The highest BCUT2D eigenvalue weighted by Crippen LogP contribution is 2.01. The number of rotatable bonds is 3. The molecule has 1 aromatic heterocycles. The molecule has 0 atom stereocenters. The van der Waals surface area contributed by atoms with E-state index in [9.17, 15) is 0 Å². The molecule has 0 radical (unpaired) electrons. The summed E-state index contributed by atoms with van der Waals surface area (Å²) in [7, 11) is 0. The second-order valence-electron chi connectivity index (χ2n) is 2.96. The molecule has 0 saturated heterocycles. The van der Waals surface area contributed by atoms with Gasteiger partial charge in [0, 0.05) is 6.42 Å². The van der Waals surface area contributed by atoms with Gasteiger partial charge in [-0.15, -0.1) is 0 Å². The van der Waals surface area contributed by atoms with Crippen LogP contribution in [0.1, 0.15) is 33.5 Å². The van der Waals surface area contributed by atoms with E-state index < -0.39 is 0 Å². The van der Waals surface area contributed by atoms with E-state index in [4.69, 9.17) is 4.42 Å². The average Bonchev–Trinajstić information content (AvgIpc) is 2.68. The molecule has 0 aliphatic carbocycles. The molecule has 0 aliphatic heterocycles. The van der Waals surface area contributed by atoms with E-state index in [0.29, 0.717) is 0 Å². The Balaban J connectivity index is 0.000000791. The minimum atomic E-state index is 0.872. The summed E-state index contributed by atoms with van der Waals surface area (Å²) in [6, 6.07) is 3.89. The zero-order chi connectivity index (χ0) is 10.8. The third-order valence-electron chi connectivity index (χ3n) is 1.46. The van der Waals surface area contributed by atoms with Crippen LogP contribution in [-0.4, -0.2) is 0 Å². The summed E-state index contributed by atoms with van der Waals surface area (Å²) >= 11 is 0. The SMILES string of the molecule is CC.CC(C)=C/C=C/Cc1ccco1. The van der Waals surface area contributed by atoms with Gasteiger partial charge in [-0.2, -0.15) is 0 Å². The van der Waals surface area contributed by atoms with Crippen LogP contribution < -0.4 is 0 Å². The van der Waals surface area contributed by atoms with Gasteiger partial charge in [-0.05, 0) is 26.0 Å². The molecule has 0 bridgehead atoms. The van der Waals surface area contributed by atoms with Crippen molar-refractivity contribution in [1.82, 2.24) is 0 Å². The molecule has 1 heterocycles. The van der Waals surface area contributed by atoms with Crippen molar-refractivity contribution in [2.45, 2.75) is 34.1 Å². The number of hydrogen-bond acceptors (Lipinski definition) is 1. The van der Waals surface area contributed by atoms with E-state index in [1.807, 2.05) is 26.0 Å². The standard InChI is InChI=1S/C11H14O.C2H6/c1-10(2)6-3-4-7-11-8-5-9-12-11;1-2/h3-6,8-9H,7H2,1-2H3;1-2H3/b4-3+;. The van der Waals surface area contributed by atoms with E-state index in [2.05, 4.69) is 32.1 Å². The van der Waals surface area contributed by atoms with Gasteiger partial charge in [0.1, 0.15) is 5.76 Å². The van der Waals surface area contributed by atoms with Gasteiger partial charge < -0.3 is 4.42 Å². The van der Waals surface area contributed by atoms with Crippen LogP contribution in [0.25, 0.3) is 0 Å². The van der Waals surface area contributed by atoms with Crippen molar-refractivity contribution in [2.75, 3.05) is 0 Å². The lowest BCUT2D eigenvalue weighted by Crippen LogP contribution is -1.72. The molecule has 1 rings (SSSR count). The fraction of sp³-hybridized carbons (Fsp3) is 0.385. The Morgan fingerprint density at radius 1 is 1.36 bits per heavy atom. The predicted molar refractivity (Wildman–Crippen MR) is 62.3 cm³/mol. The highest BCUT2D eigenvalue weighted by molar-refractivity contribution is 5.11. The van der Waals surface area contributed by atoms with Gasteiger partial charge in [-0.3, -0.25) is 0 Å². The van der Waals surface area contributed by atoms with Gasteiger partial charge in [0.25, 0.3) is 0 Å². The van der Waals surface area contributed by atoms with E-state index in [-0.39, 0.29) is 0 Å². The Labute approximate surface area is 87.1 Å². The van der Waals surface area contributed by atoms with E-state index >= 15 is 0 Å². The van der Waals surface area contributed by atoms with Gasteiger partial charge in [0.05, 0.1) is 6.26 Å². The molecule has 0 aliphatic rings. The predicted octanol–water partition coefficient (Wildman–Crippen LogP) is 4.37. The van der Waals surface area contributed by atoms with Crippen molar-refractivity contribution in [2.24, 2.45) is 0 Å². The summed E-state index contributed by atoms with van der Waals surface area (Å²) < 4.78 is 5.17. The Kier molecular flexibility index (Phi) is 7.62. The topological polar surface area (TPSA) is 13.1 Å². The van der Waals surface area contributed by atoms with Gasteiger partial charge in [0.2, 0.25) is 0 Å². The Morgan fingerprint density at radius 2 is 2.07 bits per heavy atom. The molecule has 14 heavy (non-hydrogen) atoms. The molecular formula is C13H20O. The van der Waals surface area contributed by atoms with Gasteiger partial charge in [0.15, 0.2) is 0 Å². The maximum atomic E-state index is 5.17. The third-order valence-corrected chi connectivity index (χ3v) is 1.46. The first-order chi connectivity index (χ1) is 6.79. The molecule has 0 saturated carbocycles. The summed E-state index contributed by atoms with van der Waals surface area (Å²) in [5.74, 6) is 1.01. The van der Waals surface area contributed by atoms with E-state index in [1.54, 1.807) is 6.26 Å². The second-order valence-corrected chi connectivity index (χ2v) is 2.96. The van der Waals surface area contributed by atoms with Crippen LogP contribution in [0.5, 0.6) is 0 Å². The number of hydrogen-bond donors (Lipinski definition) is 0. The monoisotopic (exact) mass is 192 g/mol. The first-order valence-electron chi connectivity index (χ1n) is 5.11. The summed E-state index contributed by atoms with van der Waals surface area (Å²) in [4.78, 5) is 0. The zero-order valence-electron chi connectivity index (χ0n) is 9.58. The fourth-order valence-corrected chi connectivity index (χ4v) is 0.873. The number of furan rings is 1. The van der Waals surface area contributed by atoms with Crippen molar-refractivity contribution in [3.8, 4) is 0 Å². The molecule has 1 nitrogen and oxygen atoms in total. The molecule has 78 valence electrons. The lowest BCUT2D eigenvalue weighted by atomic mass is 10.2. The van der Waals surface area contributed by atoms with Crippen molar-refractivity contribution in [3.63, 3.8) is 0 Å². The minimum absolute atomic E-state index is 0.872. The Bertz CT molecular complexity index is 261. The Hall–Kier alpha value is -1.24. The zero-order valence-corrected chi connectivity index (χ0v) is 9.58. The molecule has 0 fully saturated rings. The highest BCUT2D eigenvalue weighted by atomic mass is 16.3. The molecule has 1 heteroatoms. The molecule has 1 aromatic rings. The smallest absolute Gasteiger partial charge is 0.107 e. The van der Waals surface area contributed by atoms with Gasteiger partial charge in [-0.1, -0.05) is 37.6 Å². The summed E-state index contributed by atoms with van der Waals surface area (Å²) in [6.45, 7) is 8.16. The molecule has 0 N–H and O–H groups in total. The molecule has 0 aromatic carbocycles. The van der Waals surface area contributed by atoms with Crippen LogP contribution in [0.3, 0.4) is 0 Å². The first kappa shape index (κ1) is 12.8. The van der Waals surface area contributed by atoms with E-state index in [1.165, 1.54) is 5.57 Å². The highest BCUT2D eigenvalue weighted by Gasteiger charge is 1.88. The molecule has 0 amide bonds. The van der Waals surface area contributed by atoms with Gasteiger partial charge >= 0.3 is 0 Å². The van der Waals surface area contributed by atoms with Crippen molar-refractivity contribution in [3.05, 3.63) is 48.0 Å². The lowest BCUT2D eigenvalue weighted by Gasteiger charge is -1.86. The maximum Gasteiger partial charge on any atom is 0.107 e. The molecular weight excluding hydrogens is 172 g/mol. The Morgan fingerprint density at radius 3 is 2.57 bits per heavy atom. The van der Waals surface area contributed by atoms with Crippen molar-refractivity contribution >= 4 is 0 Å². The lowest BCUT2D eigenvalue weighted by molar-refractivity contribution is 0.523. The van der Waals surface area contributed by atoms with Crippen LogP contribution in [-0.2, 0) is 6.42 Å². The summed E-state index contributed by atoms with van der Waals surface area (Å²) in [5.41, 5.74) is 1.31.